The third-order valence-corrected chi connectivity index (χ3v) is 5.55. The molecule has 1 heterocycles. The number of carbonyl (C=O) groups excluding carboxylic acids is 1. The number of hydrogen-bond donors (Lipinski definition) is 1. The lowest BCUT2D eigenvalue weighted by molar-refractivity contribution is 0.102. The van der Waals surface area contributed by atoms with Gasteiger partial charge < -0.3 is 4.74 Å². The van der Waals surface area contributed by atoms with Crippen molar-refractivity contribution < 1.29 is 9.53 Å². The van der Waals surface area contributed by atoms with Crippen molar-refractivity contribution in [3.05, 3.63) is 64.5 Å². The number of thiazole rings is 1. The topological polar surface area (TPSA) is 51.2 Å². The summed E-state index contributed by atoms with van der Waals surface area (Å²) in [7, 11) is 0. The second kappa shape index (κ2) is 7.92. The van der Waals surface area contributed by atoms with Crippen LogP contribution in [0.15, 0.2) is 47.8 Å². The second-order valence-corrected chi connectivity index (χ2v) is 7.50. The molecule has 2 aromatic carbocycles. The zero-order valence-corrected chi connectivity index (χ0v) is 16.1. The summed E-state index contributed by atoms with van der Waals surface area (Å²) in [4.78, 5) is 17.2. The average molecular weight is 378 g/mol. The first-order chi connectivity index (χ1) is 13.2. The van der Waals surface area contributed by atoms with Crippen LogP contribution < -0.4 is 10.1 Å². The van der Waals surface area contributed by atoms with Crippen molar-refractivity contribution in [3.63, 3.8) is 0 Å². The Morgan fingerprint density at radius 1 is 1.11 bits per heavy atom. The molecule has 4 rings (SSSR count). The second-order valence-electron chi connectivity index (χ2n) is 6.64. The van der Waals surface area contributed by atoms with E-state index >= 15 is 0 Å². The Hall–Kier alpha value is -2.66. The van der Waals surface area contributed by atoms with Gasteiger partial charge in [0.05, 0.1) is 12.3 Å². The number of hydrogen-bond acceptors (Lipinski definition) is 4. The molecule has 0 saturated heterocycles. The molecule has 1 aliphatic carbocycles. The number of aromatic nitrogens is 1. The fourth-order valence-corrected chi connectivity index (χ4v) is 4.11. The van der Waals surface area contributed by atoms with Gasteiger partial charge in [-0.3, -0.25) is 10.1 Å². The number of benzene rings is 2. The molecule has 1 aliphatic rings. The number of amides is 1. The summed E-state index contributed by atoms with van der Waals surface area (Å²) in [5.41, 5.74) is 5.24. The lowest BCUT2D eigenvalue weighted by atomic mass is 9.90. The highest BCUT2D eigenvalue weighted by Crippen LogP contribution is 2.27. The van der Waals surface area contributed by atoms with Gasteiger partial charge >= 0.3 is 0 Å². The van der Waals surface area contributed by atoms with Gasteiger partial charge in [-0.1, -0.05) is 6.07 Å². The van der Waals surface area contributed by atoms with Crippen molar-refractivity contribution in [1.29, 1.82) is 0 Å². The highest BCUT2D eigenvalue weighted by molar-refractivity contribution is 7.14. The van der Waals surface area contributed by atoms with Crippen LogP contribution in [0.4, 0.5) is 5.13 Å². The van der Waals surface area contributed by atoms with E-state index in [9.17, 15) is 4.79 Å². The predicted molar refractivity (Wildman–Crippen MR) is 110 cm³/mol. The summed E-state index contributed by atoms with van der Waals surface area (Å²) in [6.45, 7) is 2.61. The first-order valence-corrected chi connectivity index (χ1v) is 10.2. The Kier molecular flexibility index (Phi) is 5.21. The molecule has 0 fully saturated rings. The molecule has 27 heavy (non-hydrogen) atoms. The molecule has 0 spiro atoms. The SMILES string of the molecule is CCOc1ccc(-c2csc(NC(=O)c3ccc4c(c3)CCCC4)n2)cc1. The van der Waals surface area contributed by atoms with Crippen molar-refractivity contribution in [3.8, 4) is 17.0 Å². The van der Waals surface area contributed by atoms with E-state index in [1.54, 1.807) is 0 Å². The van der Waals surface area contributed by atoms with Gasteiger partial charge in [-0.05, 0) is 80.1 Å². The lowest BCUT2D eigenvalue weighted by Crippen LogP contribution is -2.13. The third kappa shape index (κ3) is 4.03. The molecule has 1 N–H and O–H groups in total. The predicted octanol–water partition coefficient (Wildman–Crippen LogP) is 5.34. The van der Waals surface area contributed by atoms with E-state index in [2.05, 4.69) is 16.4 Å². The van der Waals surface area contributed by atoms with E-state index in [4.69, 9.17) is 4.74 Å². The Bertz CT molecular complexity index is 947. The number of nitrogens with zero attached hydrogens (tertiary/aromatic N) is 1. The fraction of sp³-hybridized carbons (Fsp3) is 0.273. The van der Waals surface area contributed by atoms with Crippen LogP contribution in [0.25, 0.3) is 11.3 Å². The maximum atomic E-state index is 12.6. The van der Waals surface area contributed by atoms with Crippen molar-refractivity contribution in [2.45, 2.75) is 32.6 Å². The first-order valence-electron chi connectivity index (χ1n) is 9.35. The van der Waals surface area contributed by atoms with Crippen LogP contribution in [0, 0.1) is 0 Å². The summed E-state index contributed by atoms with van der Waals surface area (Å²) in [5, 5.41) is 5.50. The standard InChI is InChI=1S/C22H22N2O2S/c1-2-26-19-11-9-16(10-12-19)20-14-27-22(23-20)24-21(25)18-8-7-15-5-3-4-6-17(15)13-18/h7-14H,2-6H2,1H3,(H,23,24,25). The molecule has 3 aromatic rings. The summed E-state index contributed by atoms with van der Waals surface area (Å²) >= 11 is 1.44. The quantitative estimate of drug-likeness (QED) is 0.652. The average Bonchev–Trinajstić information content (AvgIpc) is 3.17. The number of rotatable bonds is 5. The molecule has 0 saturated carbocycles. The number of ether oxygens (including phenoxy) is 1. The van der Waals surface area contributed by atoms with E-state index in [0.717, 1.165) is 29.8 Å². The molecular formula is C22H22N2O2S. The summed E-state index contributed by atoms with van der Waals surface area (Å²) in [6, 6.07) is 13.9. The molecule has 5 heteroatoms. The van der Waals surface area contributed by atoms with Gasteiger partial charge in [-0.25, -0.2) is 4.98 Å². The molecule has 1 aromatic heterocycles. The minimum absolute atomic E-state index is 0.101. The first kappa shape index (κ1) is 17.7. The lowest BCUT2D eigenvalue weighted by Gasteiger charge is -2.16. The number of aryl methyl sites for hydroxylation is 2. The van der Waals surface area contributed by atoms with E-state index in [1.807, 2.05) is 48.7 Å². The minimum Gasteiger partial charge on any atom is -0.494 e. The van der Waals surface area contributed by atoms with Gasteiger partial charge in [-0.2, -0.15) is 0 Å². The Morgan fingerprint density at radius 3 is 2.67 bits per heavy atom. The molecule has 4 nitrogen and oxygen atoms in total. The van der Waals surface area contributed by atoms with Gasteiger partial charge in [0.1, 0.15) is 5.75 Å². The smallest absolute Gasteiger partial charge is 0.257 e. The van der Waals surface area contributed by atoms with Crippen LogP contribution in [0.2, 0.25) is 0 Å². The van der Waals surface area contributed by atoms with Crippen molar-refractivity contribution in [2.75, 3.05) is 11.9 Å². The monoisotopic (exact) mass is 378 g/mol. The van der Waals surface area contributed by atoms with Gasteiger partial charge in [0.2, 0.25) is 0 Å². The van der Waals surface area contributed by atoms with Gasteiger partial charge in [-0.15, -0.1) is 11.3 Å². The molecular weight excluding hydrogens is 356 g/mol. The van der Waals surface area contributed by atoms with Crippen molar-refractivity contribution in [1.82, 2.24) is 4.98 Å². The number of nitrogens with one attached hydrogen (secondary N) is 1. The summed E-state index contributed by atoms with van der Waals surface area (Å²) < 4.78 is 5.47. The van der Waals surface area contributed by atoms with Crippen LogP contribution in [0.3, 0.4) is 0 Å². The molecule has 1 amide bonds. The zero-order chi connectivity index (χ0) is 18.6. The highest BCUT2D eigenvalue weighted by Gasteiger charge is 2.14. The highest BCUT2D eigenvalue weighted by atomic mass is 32.1. The van der Waals surface area contributed by atoms with E-state index < -0.39 is 0 Å². The van der Waals surface area contributed by atoms with E-state index in [-0.39, 0.29) is 5.91 Å². The van der Waals surface area contributed by atoms with Gasteiger partial charge in [0, 0.05) is 16.5 Å². The van der Waals surface area contributed by atoms with Crippen LogP contribution >= 0.6 is 11.3 Å². The normalized spacial score (nSPS) is 13.1. The third-order valence-electron chi connectivity index (χ3n) is 4.80. The van der Waals surface area contributed by atoms with Crippen LogP contribution in [0.5, 0.6) is 5.75 Å². The molecule has 0 bridgehead atoms. The molecule has 138 valence electrons. The fourth-order valence-electron chi connectivity index (χ4n) is 3.40. The minimum atomic E-state index is -0.101. The van der Waals surface area contributed by atoms with Crippen LogP contribution in [0.1, 0.15) is 41.3 Å². The van der Waals surface area contributed by atoms with E-state index in [1.165, 1.54) is 35.3 Å². The van der Waals surface area contributed by atoms with Crippen molar-refractivity contribution >= 4 is 22.4 Å². The van der Waals surface area contributed by atoms with E-state index in [0.29, 0.717) is 17.3 Å². The molecule has 0 radical (unpaired) electrons. The zero-order valence-electron chi connectivity index (χ0n) is 15.3. The summed E-state index contributed by atoms with van der Waals surface area (Å²) in [6.07, 6.45) is 4.63. The molecule has 0 aliphatic heterocycles. The van der Waals surface area contributed by atoms with Crippen molar-refractivity contribution in [2.24, 2.45) is 0 Å². The summed E-state index contributed by atoms with van der Waals surface area (Å²) in [5.74, 6) is 0.744. The van der Waals surface area contributed by atoms with Gasteiger partial charge in [0.25, 0.3) is 5.91 Å². The Balaban J connectivity index is 1.46. The number of anilines is 1. The number of carbonyl (C=O) groups is 1. The molecule has 0 unspecified atom stereocenters. The van der Waals surface area contributed by atoms with Crippen LogP contribution in [-0.4, -0.2) is 17.5 Å². The largest absolute Gasteiger partial charge is 0.494 e. The maximum absolute atomic E-state index is 12.6. The number of fused-ring (bicyclic) bond motifs is 1. The molecule has 0 atom stereocenters. The maximum Gasteiger partial charge on any atom is 0.257 e. The van der Waals surface area contributed by atoms with Gasteiger partial charge in [0.15, 0.2) is 5.13 Å². The Morgan fingerprint density at radius 2 is 1.89 bits per heavy atom. The van der Waals surface area contributed by atoms with Crippen LogP contribution in [-0.2, 0) is 12.8 Å². The Labute approximate surface area is 163 Å².